The lowest BCUT2D eigenvalue weighted by Gasteiger charge is -2.17. The van der Waals surface area contributed by atoms with Gasteiger partial charge in [0.05, 0.1) is 30.1 Å². The van der Waals surface area contributed by atoms with Crippen molar-refractivity contribution >= 4 is 28.6 Å². The Morgan fingerprint density at radius 2 is 2.08 bits per heavy atom. The van der Waals surface area contributed by atoms with Gasteiger partial charge in [-0.1, -0.05) is 18.2 Å². The van der Waals surface area contributed by atoms with Crippen LogP contribution in [0, 0.1) is 0 Å². The van der Waals surface area contributed by atoms with Gasteiger partial charge >= 0.3 is 0 Å². The molecule has 0 radical (unpaired) electrons. The van der Waals surface area contributed by atoms with Crippen LogP contribution in [-0.2, 0) is 4.79 Å². The summed E-state index contributed by atoms with van der Waals surface area (Å²) in [5, 5.41) is 3.81. The van der Waals surface area contributed by atoms with Crippen LogP contribution in [0.2, 0.25) is 0 Å². The molecular formula is C20H16N2O3. The number of carbonyl (C=O) groups is 1. The molecule has 25 heavy (non-hydrogen) atoms. The molecule has 1 amide bonds. The maximum atomic E-state index is 12.5. The highest BCUT2D eigenvalue weighted by molar-refractivity contribution is 6.08. The Morgan fingerprint density at radius 3 is 2.96 bits per heavy atom. The molecule has 1 aliphatic heterocycles. The molecule has 5 heteroatoms. The maximum absolute atomic E-state index is 12.5. The number of carbonyl (C=O) groups excluding carboxylic acids is 1. The average Bonchev–Trinajstić information content (AvgIpc) is 2.67. The van der Waals surface area contributed by atoms with E-state index in [4.69, 9.17) is 9.47 Å². The van der Waals surface area contributed by atoms with E-state index in [1.54, 1.807) is 13.3 Å². The first-order valence-corrected chi connectivity index (χ1v) is 7.90. The number of nitrogens with one attached hydrogen (secondary N) is 1. The summed E-state index contributed by atoms with van der Waals surface area (Å²) in [5.74, 6) is 1.35. The summed E-state index contributed by atoms with van der Waals surface area (Å²) < 4.78 is 10.8. The summed E-state index contributed by atoms with van der Waals surface area (Å²) in [4.78, 5) is 16.9. The zero-order chi connectivity index (χ0) is 17.2. The molecular weight excluding hydrogens is 316 g/mol. The van der Waals surface area contributed by atoms with Gasteiger partial charge in [0.1, 0.15) is 18.1 Å². The fourth-order valence-corrected chi connectivity index (χ4v) is 2.76. The number of ether oxygens (including phenoxy) is 2. The van der Waals surface area contributed by atoms with E-state index in [1.807, 2.05) is 54.6 Å². The van der Waals surface area contributed by atoms with Crippen LogP contribution in [0.25, 0.3) is 17.0 Å². The second kappa shape index (κ2) is 6.28. The number of anilines is 1. The maximum Gasteiger partial charge on any atom is 0.255 e. The van der Waals surface area contributed by atoms with E-state index < -0.39 is 0 Å². The van der Waals surface area contributed by atoms with Gasteiger partial charge in [-0.05, 0) is 30.3 Å². The van der Waals surface area contributed by atoms with Crippen LogP contribution >= 0.6 is 0 Å². The molecule has 0 bridgehead atoms. The summed E-state index contributed by atoms with van der Waals surface area (Å²) in [6, 6.07) is 15.2. The van der Waals surface area contributed by atoms with Crippen LogP contribution in [0.5, 0.6) is 11.5 Å². The molecule has 124 valence electrons. The van der Waals surface area contributed by atoms with Gasteiger partial charge in [-0.25, -0.2) is 0 Å². The number of fused-ring (bicyclic) bond motifs is 2. The van der Waals surface area contributed by atoms with E-state index in [0.29, 0.717) is 11.3 Å². The largest absolute Gasteiger partial charge is 0.497 e. The lowest BCUT2D eigenvalue weighted by atomic mass is 10.1. The van der Waals surface area contributed by atoms with Crippen LogP contribution in [-0.4, -0.2) is 24.6 Å². The Bertz CT molecular complexity index is 995. The lowest BCUT2D eigenvalue weighted by molar-refractivity contribution is -0.113. The van der Waals surface area contributed by atoms with Gasteiger partial charge in [0, 0.05) is 17.0 Å². The topological polar surface area (TPSA) is 60.5 Å². The number of benzene rings is 2. The Morgan fingerprint density at radius 1 is 1.20 bits per heavy atom. The van der Waals surface area contributed by atoms with Crippen molar-refractivity contribution in [3.8, 4) is 11.5 Å². The van der Waals surface area contributed by atoms with Crippen LogP contribution < -0.4 is 14.8 Å². The monoisotopic (exact) mass is 332 g/mol. The predicted octanol–water partition coefficient (Wildman–Crippen LogP) is 3.66. The van der Waals surface area contributed by atoms with E-state index >= 15 is 0 Å². The third-order valence-electron chi connectivity index (χ3n) is 4.07. The normalized spacial score (nSPS) is 12.8. The van der Waals surface area contributed by atoms with Gasteiger partial charge < -0.3 is 14.8 Å². The van der Waals surface area contributed by atoms with Crippen molar-refractivity contribution in [3.05, 3.63) is 65.9 Å². The zero-order valence-corrected chi connectivity index (χ0v) is 13.7. The first-order chi connectivity index (χ1) is 12.2. The van der Waals surface area contributed by atoms with Gasteiger partial charge in [0.2, 0.25) is 0 Å². The van der Waals surface area contributed by atoms with Crippen molar-refractivity contribution in [3.63, 3.8) is 0 Å². The first-order valence-electron chi connectivity index (χ1n) is 7.90. The van der Waals surface area contributed by atoms with Crippen LogP contribution in [0.3, 0.4) is 0 Å². The molecule has 0 spiro atoms. The fourth-order valence-electron chi connectivity index (χ4n) is 2.76. The molecule has 0 saturated heterocycles. The Kier molecular flexibility index (Phi) is 3.82. The lowest BCUT2D eigenvalue weighted by Crippen LogP contribution is -2.21. The van der Waals surface area contributed by atoms with Crippen LogP contribution in [0.1, 0.15) is 5.56 Å². The number of hydrogen-bond acceptors (Lipinski definition) is 4. The van der Waals surface area contributed by atoms with Gasteiger partial charge in [0.25, 0.3) is 5.91 Å². The second-order valence-electron chi connectivity index (χ2n) is 5.73. The van der Waals surface area contributed by atoms with Crippen molar-refractivity contribution in [2.24, 2.45) is 0 Å². The number of aromatic nitrogens is 1. The molecule has 5 nitrogen and oxygen atoms in total. The predicted molar refractivity (Wildman–Crippen MR) is 96.8 cm³/mol. The minimum atomic E-state index is -0.191. The SMILES string of the molecule is COc1ccc2cc(NC(=O)C3=Cc4ccccc4OC3)cnc2c1. The quantitative estimate of drug-likeness (QED) is 0.795. The van der Waals surface area contributed by atoms with E-state index in [2.05, 4.69) is 10.3 Å². The average molecular weight is 332 g/mol. The highest BCUT2D eigenvalue weighted by Crippen LogP contribution is 2.27. The number of rotatable bonds is 3. The number of hydrogen-bond donors (Lipinski definition) is 1. The van der Waals surface area contributed by atoms with Crippen LogP contribution in [0.15, 0.2) is 60.3 Å². The molecule has 4 rings (SSSR count). The van der Waals surface area contributed by atoms with Crippen molar-refractivity contribution in [1.29, 1.82) is 0 Å². The summed E-state index contributed by atoms with van der Waals surface area (Å²) in [5.41, 5.74) is 2.94. The Hall–Kier alpha value is -3.34. The van der Waals surface area contributed by atoms with E-state index in [1.165, 1.54) is 0 Å². The van der Waals surface area contributed by atoms with E-state index in [0.717, 1.165) is 28.0 Å². The smallest absolute Gasteiger partial charge is 0.255 e. The molecule has 0 saturated carbocycles. The number of nitrogens with zero attached hydrogens (tertiary/aromatic N) is 1. The summed E-state index contributed by atoms with van der Waals surface area (Å²) in [6.45, 7) is 0.251. The number of amides is 1. The molecule has 0 unspecified atom stereocenters. The zero-order valence-electron chi connectivity index (χ0n) is 13.7. The molecule has 2 aromatic carbocycles. The molecule has 2 heterocycles. The Balaban J connectivity index is 1.57. The molecule has 3 aromatic rings. The highest BCUT2D eigenvalue weighted by Gasteiger charge is 2.17. The molecule has 1 N–H and O–H groups in total. The van der Waals surface area contributed by atoms with Crippen molar-refractivity contribution in [1.82, 2.24) is 4.98 Å². The van der Waals surface area contributed by atoms with Gasteiger partial charge in [-0.3, -0.25) is 9.78 Å². The summed E-state index contributed by atoms with van der Waals surface area (Å²) in [6.07, 6.45) is 3.49. The Labute approximate surface area is 144 Å². The first kappa shape index (κ1) is 15.2. The number of para-hydroxylation sites is 1. The highest BCUT2D eigenvalue weighted by atomic mass is 16.5. The summed E-state index contributed by atoms with van der Waals surface area (Å²) in [7, 11) is 1.62. The van der Waals surface area contributed by atoms with Crippen LogP contribution in [0.4, 0.5) is 5.69 Å². The molecule has 1 aromatic heterocycles. The number of methoxy groups -OCH3 is 1. The van der Waals surface area contributed by atoms with Gasteiger partial charge in [-0.2, -0.15) is 0 Å². The molecule has 0 fully saturated rings. The van der Waals surface area contributed by atoms with Gasteiger partial charge in [-0.15, -0.1) is 0 Å². The third-order valence-corrected chi connectivity index (χ3v) is 4.07. The summed E-state index contributed by atoms with van der Waals surface area (Å²) >= 11 is 0. The minimum Gasteiger partial charge on any atom is -0.497 e. The fraction of sp³-hybridized carbons (Fsp3) is 0.100. The van der Waals surface area contributed by atoms with E-state index in [9.17, 15) is 4.79 Å². The van der Waals surface area contributed by atoms with Gasteiger partial charge in [0.15, 0.2) is 0 Å². The third kappa shape index (κ3) is 3.04. The molecule has 1 aliphatic rings. The molecule has 0 aliphatic carbocycles. The van der Waals surface area contributed by atoms with Crippen molar-refractivity contribution in [2.45, 2.75) is 0 Å². The minimum absolute atomic E-state index is 0.191. The van der Waals surface area contributed by atoms with E-state index in [-0.39, 0.29) is 12.5 Å². The number of pyridine rings is 1. The molecule has 0 atom stereocenters. The van der Waals surface area contributed by atoms with Crippen molar-refractivity contribution in [2.75, 3.05) is 19.0 Å². The standard InChI is InChI=1S/C20H16N2O3/c1-24-17-7-6-13-9-16(11-21-18(13)10-17)22-20(23)15-8-14-4-2-3-5-19(14)25-12-15/h2-11H,12H2,1H3,(H,22,23). The van der Waals surface area contributed by atoms with Crippen molar-refractivity contribution < 1.29 is 14.3 Å². The second-order valence-corrected chi connectivity index (χ2v) is 5.73.